The number of rotatable bonds is 2. The molecule has 0 aliphatic carbocycles. The molecule has 2 aromatic carbocycles. The van der Waals surface area contributed by atoms with Crippen LogP contribution in [0, 0.1) is 5.92 Å². The van der Waals surface area contributed by atoms with Crippen LogP contribution in [0.2, 0.25) is 0 Å². The van der Waals surface area contributed by atoms with Crippen molar-refractivity contribution in [2.24, 2.45) is 5.92 Å². The normalized spacial score (nSPS) is 25.2. The molecule has 126 valence electrons. The predicted octanol–water partition coefficient (Wildman–Crippen LogP) is 2.13. The van der Waals surface area contributed by atoms with Crippen LogP contribution in [0.4, 0.5) is 0 Å². The quantitative estimate of drug-likeness (QED) is 0.907. The van der Waals surface area contributed by atoms with Crippen molar-refractivity contribution in [3.8, 4) is 0 Å². The maximum atomic E-state index is 13.0. The molecule has 2 atom stereocenters. The molecule has 2 fully saturated rings. The zero-order valence-electron chi connectivity index (χ0n) is 13.3. The van der Waals surface area contributed by atoms with Crippen LogP contribution in [0.5, 0.6) is 0 Å². The largest absolute Gasteiger partial charge is 0.353 e. The van der Waals surface area contributed by atoms with Gasteiger partial charge in [-0.25, -0.2) is 8.42 Å². The fourth-order valence-electron chi connectivity index (χ4n) is 3.77. The van der Waals surface area contributed by atoms with Gasteiger partial charge in [-0.05, 0) is 41.7 Å². The minimum Gasteiger partial charge on any atom is -0.353 e. The van der Waals surface area contributed by atoms with E-state index in [0.717, 1.165) is 17.2 Å². The van der Waals surface area contributed by atoms with Crippen LogP contribution >= 0.6 is 0 Å². The molecule has 2 aliphatic heterocycles. The molecule has 2 unspecified atom stereocenters. The summed E-state index contributed by atoms with van der Waals surface area (Å²) < 4.78 is 27.6. The van der Waals surface area contributed by atoms with Crippen molar-refractivity contribution in [1.29, 1.82) is 0 Å². The number of nitrogens with zero attached hydrogens (tertiary/aromatic N) is 1. The van der Waals surface area contributed by atoms with E-state index >= 15 is 0 Å². The lowest BCUT2D eigenvalue weighted by Crippen LogP contribution is -2.54. The Balaban J connectivity index is 1.61. The van der Waals surface area contributed by atoms with Gasteiger partial charge in [-0.15, -0.1) is 0 Å². The van der Waals surface area contributed by atoms with Gasteiger partial charge in [0.25, 0.3) is 0 Å². The molecule has 6 heteroatoms. The fourth-order valence-corrected chi connectivity index (χ4v) is 5.32. The van der Waals surface area contributed by atoms with Gasteiger partial charge in [-0.3, -0.25) is 4.79 Å². The molecule has 0 radical (unpaired) electrons. The lowest BCUT2D eigenvalue weighted by molar-refractivity contribution is -0.124. The van der Waals surface area contributed by atoms with Crippen molar-refractivity contribution in [3.63, 3.8) is 0 Å². The molecular formula is C18H20N2O3S. The summed E-state index contributed by atoms with van der Waals surface area (Å²) in [6.45, 7) is 0.941. The molecule has 2 heterocycles. The molecule has 2 saturated heterocycles. The average molecular weight is 344 g/mol. The SMILES string of the molecule is O=C1CCC2CN(S(=O)(=O)c3ccc4ccccc4c3)CCC2N1. The molecule has 1 amide bonds. The van der Waals surface area contributed by atoms with E-state index in [1.54, 1.807) is 16.4 Å². The third-order valence-corrected chi connectivity index (χ3v) is 7.01. The van der Waals surface area contributed by atoms with Crippen LogP contribution in [-0.2, 0) is 14.8 Å². The highest BCUT2D eigenvalue weighted by molar-refractivity contribution is 7.89. The van der Waals surface area contributed by atoms with E-state index in [9.17, 15) is 13.2 Å². The highest BCUT2D eigenvalue weighted by atomic mass is 32.2. The molecule has 2 aromatic rings. The smallest absolute Gasteiger partial charge is 0.243 e. The standard InChI is InChI=1S/C18H20N2O3S/c21-18-8-6-15-12-20(10-9-17(15)19-18)24(22,23)16-7-5-13-3-1-2-4-14(13)11-16/h1-5,7,11,15,17H,6,8-10,12H2,(H,19,21). The number of nitrogens with one attached hydrogen (secondary N) is 1. The second-order valence-electron chi connectivity index (χ2n) is 6.63. The van der Waals surface area contributed by atoms with Crippen molar-refractivity contribution >= 4 is 26.7 Å². The van der Waals surface area contributed by atoms with E-state index in [2.05, 4.69) is 5.32 Å². The van der Waals surface area contributed by atoms with Gasteiger partial charge in [0.1, 0.15) is 0 Å². The molecule has 0 bridgehead atoms. The summed E-state index contributed by atoms with van der Waals surface area (Å²) in [5.74, 6) is 0.300. The Morgan fingerprint density at radius 3 is 2.67 bits per heavy atom. The van der Waals surface area contributed by atoms with Gasteiger partial charge >= 0.3 is 0 Å². The van der Waals surface area contributed by atoms with Gasteiger partial charge in [0.15, 0.2) is 0 Å². The third-order valence-electron chi connectivity index (χ3n) is 5.14. The second kappa shape index (κ2) is 5.86. The Bertz CT molecular complexity index is 894. The number of carbonyl (C=O) groups is 1. The number of benzene rings is 2. The first-order chi connectivity index (χ1) is 11.5. The summed E-state index contributed by atoms with van der Waals surface area (Å²) in [6, 6.07) is 13.2. The number of hydrogen-bond donors (Lipinski definition) is 1. The van der Waals surface area contributed by atoms with Gasteiger partial charge in [0.2, 0.25) is 15.9 Å². The van der Waals surface area contributed by atoms with Crippen molar-refractivity contribution in [1.82, 2.24) is 9.62 Å². The van der Waals surface area contributed by atoms with E-state index in [-0.39, 0.29) is 17.9 Å². The van der Waals surface area contributed by atoms with Gasteiger partial charge < -0.3 is 5.32 Å². The Hall–Kier alpha value is -1.92. The van der Waals surface area contributed by atoms with Crippen LogP contribution < -0.4 is 5.32 Å². The Morgan fingerprint density at radius 1 is 1.04 bits per heavy atom. The predicted molar refractivity (Wildman–Crippen MR) is 92.0 cm³/mol. The molecule has 1 N–H and O–H groups in total. The van der Waals surface area contributed by atoms with Crippen molar-refractivity contribution in [3.05, 3.63) is 42.5 Å². The first-order valence-electron chi connectivity index (χ1n) is 8.32. The Morgan fingerprint density at radius 2 is 1.83 bits per heavy atom. The molecular weight excluding hydrogens is 324 g/mol. The molecule has 5 nitrogen and oxygen atoms in total. The summed E-state index contributed by atoms with van der Waals surface area (Å²) >= 11 is 0. The maximum Gasteiger partial charge on any atom is 0.243 e. The number of hydrogen-bond acceptors (Lipinski definition) is 3. The van der Waals surface area contributed by atoms with Crippen LogP contribution in [-0.4, -0.2) is 37.8 Å². The van der Waals surface area contributed by atoms with Gasteiger partial charge in [-0.2, -0.15) is 4.31 Å². The molecule has 0 spiro atoms. The van der Waals surface area contributed by atoms with E-state index < -0.39 is 10.0 Å². The average Bonchev–Trinajstić information content (AvgIpc) is 2.60. The zero-order valence-corrected chi connectivity index (χ0v) is 14.1. The molecule has 0 saturated carbocycles. The van der Waals surface area contributed by atoms with Crippen LogP contribution in [0.3, 0.4) is 0 Å². The summed E-state index contributed by atoms with van der Waals surface area (Å²) in [4.78, 5) is 11.8. The number of fused-ring (bicyclic) bond motifs is 2. The van der Waals surface area contributed by atoms with E-state index in [1.165, 1.54) is 0 Å². The van der Waals surface area contributed by atoms with Crippen LogP contribution in [0.1, 0.15) is 19.3 Å². The Labute approximate surface area is 141 Å². The highest BCUT2D eigenvalue weighted by Gasteiger charge is 2.38. The third kappa shape index (κ3) is 2.70. The lowest BCUT2D eigenvalue weighted by Gasteiger charge is -2.40. The van der Waals surface area contributed by atoms with Gasteiger partial charge in [0, 0.05) is 25.6 Å². The van der Waals surface area contributed by atoms with Crippen molar-refractivity contribution < 1.29 is 13.2 Å². The van der Waals surface area contributed by atoms with Gasteiger partial charge in [0.05, 0.1) is 4.90 Å². The number of amides is 1. The van der Waals surface area contributed by atoms with Crippen molar-refractivity contribution in [2.75, 3.05) is 13.1 Å². The van der Waals surface area contributed by atoms with Gasteiger partial charge in [-0.1, -0.05) is 30.3 Å². The van der Waals surface area contributed by atoms with Crippen LogP contribution in [0.15, 0.2) is 47.4 Å². The summed E-state index contributed by atoms with van der Waals surface area (Å²) in [7, 11) is -3.50. The molecule has 24 heavy (non-hydrogen) atoms. The first-order valence-corrected chi connectivity index (χ1v) is 9.76. The fraction of sp³-hybridized carbons (Fsp3) is 0.389. The number of carbonyl (C=O) groups excluding carboxylic acids is 1. The topological polar surface area (TPSA) is 66.5 Å². The zero-order chi connectivity index (χ0) is 16.7. The van der Waals surface area contributed by atoms with Crippen molar-refractivity contribution in [2.45, 2.75) is 30.2 Å². The first kappa shape index (κ1) is 15.6. The van der Waals surface area contributed by atoms with E-state index in [4.69, 9.17) is 0 Å². The number of sulfonamides is 1. The van der Waals surface area contributed by atoms with E-state index in [0.29, 0.717) is 30.8 Å². The molecule has 0 aromatic heterocycles. The minimum absolute atomic E-state index is 0.0853. The summed E-state index contributed by atoms with van der Waals surface area (Å²) in [6.07, 6.45) is 1.94. The van der Waals surface area contributed by atoms with E-state index in [1.807, 2.05) is 30.3 Å². The lowest BCUT2D eigenvalue weighted by atomic mass is 9.86. The monoisotopic (exact) mass is 344 g/mol. The second-order valence-corrected chi connectivity index (χ2v) is 8.57. The van der Waals surface area contributed by atoms with Crippen LogP contribution in [0.25, 0.3) is 10.8 Å². The number of piperidine rings is 2. The summed E-state index contributed by atoms with van der Waals surface area (Å²) in [5, 5.41) is 4.96. The molecule has 2 aliphatic rings. The maximum absolute atomic E-state index is 13.0. The highest BCUT2D eigenvalue weighted by Crippen LogP contribution is 2.30. The minimum atomic E-state index is -3.50. The molecule has 4 rings (SSSR count). The Kier molecular flexibility index (Phi) is 3.81. The summed E-state index contributed by atoms with van der Waals surface area (Å²) in [5.41, 5.74) is 0.